The summed E-state index contributed by atoms with van der Waals surface area (Å²) in [6.07, 6.45) is 0.822. The molecule has 0 spiro atoms. The quantitative estimate of drug-likeness (QED) is 0.208. The van der Waals surface area contributed by atoms with Gasteiger partial charge in [-0.25, -0.2) is 13.4 Å². The monoisotopic (exact) mass is 629 g/mol. The number of nitrogens with zero attached hydrogens (tertiary/aromatic N) is 2. The molecule has 11 heteroatoms. The highest BCUT2D eigenvalue weighted by atomic mass is 35.5. The van der Waals surface area contributed by atoms with Crippen molar-refractivity contribution < 1.29 is 13.2 Å². The third-order valence-corrected chi connectivity index (χ3v) is 10.7. The van der Waals surface area contributed by atoms with Crippen molar-refractivity contribution in [1.82, 2.24) is 9.88 Å². The van der Waals surface area contributed by atoms with Crippen LogP contribution in [0, 0.1) is 0 Å². The summed E-state index contributed by atoms with van der Waals surface area (Å²) in [4.78, 5) is 21.6. The molecule has 1 N–H and O–H groups in total. The Morgan fingerprint density at radius 3 is 2.45 bits per heavy atom. The van der Waals surface area contributed by atoms with Crippen LogP contribution in [0.25, 0.3) is 20.8 Å². The number of thiophene rings is 1. The van der Waals surface area contributed by atoms with Gasteiger partial charge in [-0.1, -0.05) is 54.1 Å². The molecule has 0 bridgehead atoms. The van der Waals surface area contributed by atoms with E-state index >= 15 is 0 Å². The lowest BCUT2D eigenvalue weighted by atomic mass is 10.0. The van der Waals surface area contributed by atoms with Gasteiger partial charge in [-0.2, -0.15) is 0 Å². The topological polar surface area (TPSA) is 79.4 Å². The molecule has 1 aliphatic heterocycles. The maximum absolute atomic E-state index is 13.1. The first kappa shape index (κ1) is 28.7. The van der Waals surface area contributed by atoms with E-state index in [1.54, 1.807) is 11.3 Å². The van der Waals surface area contributed by atoms with Crippen molar-refractivity contribution in [3.63, 3.8) is 0 Å². The lowest BCUT2D eigenvalue weighted by Crippen LogP contribution is -2.29. The Bertz CT molecular complexity index is 1740. The number of amides is 1. The van der Waals surface area contributed by atoms with Crippen LogP contribution in [0.3, 0.4) is 0 Å². The van der Waals surface area contributed by atoms with Crippen LogP contribution in [0.5, 0.6) is 0 Å². The molecule has 5 aromatic rings. The molecule has 0 atom stereocenters. The van der Waals surface area contributed by atoms with E-state index in [9.17, 15) is 13.2 Å². The van der Waals surface area contributed by atoms with E-state index in [-0.39, 0.29) is 17.3 Å². The van der Waals surface area contributed by atoms with Crippen LogP contribution in [0.2, 0.25) is 5.02 Å². The van der Waals surface area contributed by atoms with E-state index in [1.165, 1.54) is 51.6 Å². The van der Waals surface area contributed by atoms with Gasteiger partial charge in [-0.15, -0.1) is 35.1 Å². The van der Waals surface area contributed by atoms with Gasteiger partial charge in [0.25, 0.3) is 0 Å². The number of benzene rings is 3. The maximum Gasteiger partial charge on any atom is 0.240 e. The zero-order chi connectivity index (χ0) is 27.0. The lowest BCUT2D eigenvalue weighted by molar-refractivity contribution is -0.113. The number of fused-ring (bicyclic) bond motifs is 2. The van der Waals surface area contributed by atoms with Crippen molar-refractivity contribution in [2.75, 3.05) is 17.6 Å². The van der Waals surface area contributed by atoms with Crippen LogP contribution >= 0.6 is 46.7 Å². The third-order valence-electron chi connectivity index (χ3n) is 6.64. The number of aromatic nitrogens is 1. The minimum absolute atomic E-state index is 0. The fourth-order valence-corrected chi connectivity index (χ4v) is 8.46. The highest BCUT2D eigenvalue weighted by molar-refractivity contribution is 7.92. The fourth-order valence-electron chi connectivity index (χ4n) is 4.79. The Labute approximate surface area is 252 Å². The highest BCUT2D eigenvalue weighted by Crippen LogP contribution is 2.45. The molecule has 3 heterocycles. The average molecular weight is 631 g/mol. The van der Waals surface area contributed by atoms with Crippen molar-refractivity contribution in [1.29, 1.82) is 0 Å². The Balaban J connectivity index is 0.00000323. The number of nitrogens with one attached hydrogen (secondary N) is 1. The molecule has 0 radical (unpaired) electrons. The highest BCUT2D eigenvalue weighted by Gasteiger charge is 2.29. The molecule has 40 heavy (non-hydrogen) atoms. The van der Waals surface area contributed by atoms with Crippen LogP contribution in [-0.2, 0) is 34.1 Å². The summed E-state index contributed by atoms with van der Waals surface area (Å²) in [6, 6.07) is 24.2. The number of hydrogen-bond donors (Lipinski definition) is 1. The molecule has 1 aliphatic rings. The fraction of sp³-hybridized carbons (Fsp3) is 0.172. The zero-order valence-corrected chi connectivity index (χ0v) is 25.2. The van der Waals surface area contributed by atoms with E-state index in [1.807, 2.05) is 42.5 Å². The van der Waals surface area contributed by atoms with Crippen molar-refractivity contribution in [3.8, 4) is 10.6 Å². The second-order valence-electron chi connectivity index (χ2n) is 9.40. The summed E-state index contributed by atoms with van der Waals surface area (Å²) >= 11 is 9.00. The van der Waals surface area contributed by atoms with Gasteiger partial charge in [0, 0.05) is 35.1 Å². The largest absolute Gasteiger partial charge is 0.316 e. The van der Waals surface area contributed by atoms with Gasteiger partial charge < -0.3 is 5.32 Å². The number of halogens is 2. The van der Waals surface area contributed by atoms with E-state index in [4.69, 9.17) is 16.6 Å². The maximum atomic E-state index is 13.1. The molecule has 0 aliphatic carbocycles. The Kier molecular flexibility index (Phi) is 8.61. The van der Waals surface area contributed by atoms with Gasteiger partial charge in [-0.3, -0.25) is 9.69 Å². The number of carbonyl (C=O) groups excluding carboxylic acids is 1. The van der Waals surface area contributed by atoms with Crippen molar-refractivity contribution in [2.45, 2.75) is 24.4 Å². The second-order valence-corrected chi connectivity index (χ2v) is 14.0. The number of thiazole rings is 1. The second kappa shape index (κ2) is 12.0. The summed E-state index contributed by atoms with van der Waals surface area (Å²) in [5, 5.41) is 4.85. The number of hydrogen-bond acceptors (Lipinski definition) is 7. The smallest absolute Gasteiger partial charge is 0.240 e. The van der Waals surface area contributed by atoms with Crippen LogP contribution < -0.4 is 5.32 Å². The van der Waals surface area contributed by atoms with Gasteiger partial charge in [0.2, 0.25) is 5.91 Å². The summed E-state index contributed by atoms with van der Waals surface area (Å²) in [7, 11) is -3.83. The molecule has 0 saturated heterocycles. The predicted molar refractivity (Wildman–Crippen MR) is 167 cm³/mol. The molecule has 3 aromatic carbocycles. The van der Waals surface area contributed by atoms with Crippen LogP contribution in [0.15, 0.2) is 83.8 Å². The van der Waals surface area contributed by atoms with Crippen molar-refractivity contribution in [2.24, 2.45) is 0 Å². The molecule has 206 valence electrons. The van der Waals surface area contributed by atoms with Crippen LogP contribution in [-0.4, -0.2) is 36.5 Å². The summed E-state index contributed by atoms with van der Waals surface area (Å²) in [6.45, 7) is 2.48. The summed E-state index contributed by atoms with van der Waals surface area (Å²) in [5.41, 5.74) is 4.25. The van der Waals surface area contributed by atoms with E-state index < -0.39 is 21.5 Å². The average Bonchev–Trinajstić information content (AvgIpc) is 3.49. The molecule has 2 aromatic heterocycles. The summed E-state index contributed by atoms with van der Waals surface area (Å²) < 4.78 is 26.9. The SMILES string of the molecule is Cl.O=C(CS(=O)(=O)c1ccc(Cl)cc1)Nc1sc2c(c1-c1nc3ccccc3s1)CCN(Cc1ccccc1)C2. The molecular formula is C29H25Cl2N3O3S3. The molecule has 6 nitrogen and oxygen atoms in total. The Morgan fingerprint density at radius 2 is 1.70 bits per heavy atom. The number of sulfone groups is 1. The third kappa shape index (κ3) is 6.10. The Morgan fingerprint density at radius 1 is 0.975 bits per heavy atom. The normalized spacial score (nSPS) is 13.5. The summed E-state index contributed by atoms with van der Waals surface area (Å²) in [5.74, 6) is -1.23. The molecule has 0 unspecified atom stereocenters. The van der Waals surface area contributed by atoms with E-state index in [2.05, 4.69) is 22.3 Å². The first-order valence-electron chi connectivity index (χ1n) is 12.4. The van der Waals surface area contributed by atoms with Crippen molar-refractivity contribution in [3.05, 3.63) is 99.9 Å². The van der Waals surface area contributed by atoms with Gasteiger partial charge in [-0.05, 0) is 53.9 Å². The number of anilines is 1. The van der Waals surface area contributed by atoms with Crippen LogP contribution in [0.4, 0.5) is 5.00 Å². The van der Waals surface area contributed by atoms with Gasteiger partial charge >= 0.3 is 0 Å². The number of carbonyl (C=O) groups is 1. The van der Waals surface area contributed by atoms with Crippen molar-refractivity contribution >= 4 is 77.6 Å². The van der Waals surface area contributed by atoms with Gasteiger partial charge in [0.05, 0.1) is 15.1 Å². The zero-order valence-electron chi connectivity index (χ0n) is 21.2. The molecule has 0 saturated carbocycles. The number of rotatable bonds is 7. The first-order chi connectivity index (χ1) is 18.9. The minimum Gasteiger partial charge on any atom is -0.316 e. The number of para-hydroxylation sites is 1. The lowest BCUT2D eigenvalue weighted by Gasteiger charge is -2.27. The molecule has 6 rings (SSSR count). The Hall–Kier alpha value is -2.79. The van der Waals surface area contributed by atoms with Crippen LogP contribution in [0.1, 0.15) is 16.0 Å². The minimum atomic E-state index is -3.83. The molecule has 0 fully saturated rings. The van der Waals surface area contributed by atoms with E-state index in [0.29, 0.717) is 10.0 Å². The molecular weight excluding hydrogens is 605 g/mol. The first-order valence-corrected chi connectivity index (χ1v) is 16.1. The predicted octanol–water partition coefficient (Wildman–Crippen LogP) is 7.07. The molecule has 1 amide bonds. The van der Waals surface area contributed by atoms with Gasteiger partial charge in [0.15, 0.2) is 9.84 Å². The van der Waals surface area contributed by atoms with Gasteiger partial charge in [0.1, 0.15) is 15.8 Å². The standard InChI is InChI=1S/C29H24ClN3O3S3.ClH/c30-20-10-12-21(13-11-20)39(35,36)18-26(34)32-29-27(28-31-23-8-4-5-9-24(23)37-28)22-14-15-33(17-25(22)38-29)16-19-6-2-1-3-7-19;/h1-13H,14-18H2,(H,32,34);1H. The van der Waals surface area contributed by atoms with E-state index in [0.717, 1.165) is 46.8 Å².